The molecule has 178 valence electrons. The van der Waals surface area contributed by atoms with E-state index in [1.165, 1.54) is 24.2 Å². The normalized spacial score (nSPS) is 19.7. The molecule has 35 heavy (non-hydrogen) atoms. The van der Waals surface area contributed by atoms with Crippen molar-refractivity contribution in [3.63, 3.8) is 0 Å². The highest BCUT2D eigenvalue weighted by Crippen LogP contribution is 2.42. The van der Waals surface area contributed by atoms with E-state index in [-0.39, 0.29) is 11.3 Å². The number of ketones is 1. The lowest BCUT2D eigenvalue weighted by Gasteiger charge is -2.30. The molecule has 0 aliphatic carbocycles. The fourth-order valence-corrected chi connectivity index (χ4v) is 4.80. The molecule has 1 atom stereocenters. The molecule has 1 aromatic heterocycles. The van der Waals surface area contributed by atoms with Crippen molar-refractivity contribution in [1.29, 1.82) is 0 Å². The molecule has 0 radical (unpaired) electrons. The fraction of sp³-hybridized carbons (Fsp3) is 0.250. The number of amides is 1. The number of aliphatic hydroxyl groups is 1. The van der Waals surface area contributed by atoms with Crippen LogP contribution >= 0.6 is 0 Å². The predicted octanol–water partition coefficient (Wildman–Crippen LogP) is 4.71. The van der Waals surface area contributed by atoms with E-state index in [1.54, 1.807) is 55.8 Å². The summed E-state index contributed by atoms with van der Waals surface area (Å²) in [7, 11) is 1.55. The molecular weight excluding hydrogens is 442 g/mol. The molecule has 7 heteroatoms. The highest BCUT2D eigenvalue weighted by molar-refractivity contribution is 6.51. The molecule has 5 rings (SSSR count). The van der Waals surface area contributed by atoms with E-state index in [0.717, 1.165) is 18.8 Å². The van der Waals surface area contributed by atoms with E-state index >= 15 is 0 Å². The van der Waals surface area contributed by atoms with Gasteiger partial charge in [-0.15, -0.1) is 0 Å². The number of carbonyl (C=O) groups excluding carboxylic acids is 2. The number of hydrogen-bond donors (Lipinski definition) is 1. The Kier molecular flexibility index (Phi) is 6.23. The first-order valence-corrected chi connectivity index (χ1v) is 11.8. The van der Waals surface area contributed by atoms with Gasteiger partial charge in [-0.1, -0.05) is 6.07 Å². The summed E-state index contributed by atoms with van der Waals surface area (Å²) >= 11 is 0. The number of methoxy groups -OCH3 is 1. The first-order chi connectivity index (χ1) is 17.1. The van der Waals surface area contributed by atoms with Crippen LogP contribution < -0.4 is 14.5 Å². The summed E-state index contributed by atoms with van der Waals surface area (Å²) in [5, 5.41) is 11.2. The number of benzene rings is 2. The molecule has 7 nitrogen and oxygen atoms in total. The van der Waals surface area contributed by atoms with Crippen molar-refractivity contribution in [3.05, 3.63) is 89.8 Å². The highest BCUT2D eigenvalue weighted by atomic mass is 16.5. The monoisotopic (exact) mass is 469 g/mol. The smallest absolute Gasteiger partial charge is 0.300 e. The third-order valence-corrected chi connectivity index (χ3v) is 6.62. The summed E-state index contributed by atoms with van der Waals surface area (Å²) in [6, 6.07) is 18.9. The summed E-state index contributed by atoms with van der Waals surface area (Å²) in [5.41, 5.74) is 2.61. The lowest BCUT2D eigenvalue weighted by Crippen LogP contribution is -2.31. The number of ether oxygens (including phenoxy) is 1. The van der Waals surface area contributed by atoms with Crippen molar-refractivity contribution in [2.45, 2.75) is 25.3 Å². The van der Waals surface area contributed by atoms with Gasteiger partial charge in [0.25, 0.3) is 11.7 Å². The second-order valence-electron chi connectivity index (χ2n) is 8.72. The van der Waals surface area contributed by atoms with Gasteiger partial charge in [0, 0.05) is 36.2 Å². The van der Waals surface area contributed by atoms with Crippen LogP contribution in [0.5, 0.6) is 5.75 Å². The number of piperidine rings is 1. The quantitative estimate of drug-likeness (QED) is 0.331. The van der Waals surface area contributed by atoms with E-state index < -0.39 is 17.7 Å². The van der Waals surface area contributed by atoms with Crippen LogP contribution in [0.4, 0.5) is 11.4 Å². The number of pyridine rings is 1. The molecule has 2 aromatic carbocycles. The van der Waals surface area contributed by atoms with Gasteiger partial charge in [-0.3, -0.25) is 19.5 Å². The molecular formula is C28H27N3O4. The summed E-state index contributed by atoms with van der Waals surface area (Å²) in [5.74, 6) is -1.05. The topological polar surface area (TPSA) is 83.0 Å². The second kappa shape index (κ2) is 9.62. The number of Topliss-reactive ketones (excluding diaryl/α,β-unsaturated/α-hetero) is 1. The third-order valence-electron chi connectivity index (χ3n) is 6.62. The van der Waals surface area contributed by atoms with Gasteiger partial charge in [0.1, 0.15) is 17.6 Å². The number of anilines is 2. The minimum atomic E-state index is -0.848. The predicted molar refractivity (Wildman–Crippen MR) is 135 cm³/mol. The molecule has 1 N–H and O–H groups in total. The van der Waals surface area contributed by atoms with E-state index in [2.05, 4.69) is 9.88 Å². The van der Waals surface area contributed by atoms with Gasteiger partial charge in [0.15, 0.2) is 0 Å². The van der Waals surface area contributed by atoms with E-state index in [0.29, 0.717) is 22.7 Å². The molecule has 1 unspecified atom stereocenters. The first-order valence-electron chi connectivity index (χ1n) is 11.8. The standard InChI is InChI=1S/C28H27N3O4/c1-35-22-14-8-19(9-15-22)26(32)24-25(23-7-3-4-16-29-23)31(28(34)27(24)33)21-12-10-20(11-13-21)30-17-5-2-6-18-30/h3-4,7-16,25,32H,2,5-6,17-18H2,1H3/b26-24+. The van der Waals surface area contributed by atoms with Gasteiger partial charge in [-0.05, 0) is 79.9 Å². The lowest BCUT2D eigenvalue weighted by molar-refractivity contribution is -0.132. The molecule has 1 amide bonds. The molecule has 0 spiro atoms. The summed E-state index contributed by atoms with van der Waals surface area (Å²) in [6.07, 6.45) is 5.20. The summed E-state index contributed by atoms with van der Waals surface area (Å²) in [6.45, 7) is 2.03. The Morgan fingerprint density at radius 3 is 2.23 bits per heavy atom. The molecule has 3 heterocycles. The van der Waals surface area contributed by atoms with Crippen molar-refractivity contribution in [2.24, 2.45) is 0 Å². The largest absolute Gasteiger partial charge is 0.507 e. The maximum absolute atomic E-state index is 13.3. The van der Waals surface area contributed by atoms with Crippen molar-refractivity contribution in [1.82, 2.24) is 4.98 Å². The molecule has 0 bridgehead atoms. The van der Waals surface area contributed by atoms with E-state index in [4.69, 9.17) is 4.74 Å². The Morgan fingerprint density at radius 2 is 1.60 bits per heavy atom. The second-order valence-corrected chi connectivity index (χ2v) is 8.72. The molecule has 2 aliphatic rings. The Hall–Kier alpha value is -4.13. The average molecular weight is 470 g/mol. The zero-order valence-corrected chi connectivity index (χ0v) is 19.6. The number of aromatic nitrogens is 1. The SMILES string of the molecule is COc1ccc(/C(O)=C2\C(=O)C(=O)N(c3ccc(N4CCCCC4)cc3)C2c2ccccn2)cc1. The van der Waals surface area contributed by atoms with Crippen LogP contribution in [0.25, 0.3) is 5.76 Å². The lowest BCUT2D eigenvalue weighted by atomic mass is 9.98. The van der Waals surface area contributed by atoms with Gasteiger partial charge in [0.05, 0.1) is 18.4 Å². The highest BCUT2D eigenvalue weighted by Gasteiger charge is 2.47. The first kappa shape index (κ1) is 22.7. The number of rotatable bonds is 5. The van der Waals surface area contributed by atoms with Crippen LogP contribution in [-0.2, 0) is 9.59 Å². The Morgan fingerprint density at radius 1 is 0.914 bits per heavy atom. The zero-order chi connectivity index (χ0) is 24.4. The minimum Gasteiger partial charge on any atom is -0.507 e. The molecule has 0 saturated carbocycles. The molecule has 2 aliphatic heterocycles. The molecule has 3 aromatic rings. The van der Waals surface area contributed by atoms with Crippen LogP contribution in [0.15, 0.2) is 78.5 Å². The Bertz CT molecular complexity index is 1250. The van der Waals surface area contributed by atoms with Crippen LogP contribution in [0.1, 0.15) is 36.6 Å². The van der Waals surface area contributed by atoms with E-state index in [1.807, 2.05) is 24.3 Å². The van der Waals surface area contributed by atoms with Crippen LogP contribution in [-0.4, -0.2) is 42.0 Å². The zero-order valence-electron chi connectivity index (χ0n) is 19.6. The maximum atomic E-state index is 13.3. The van der Waals surface area contributed by atoms with Crippen molar-refractivity contribution in [3.8, 4) is 5.75 Å². The Labute approximate surface area is 204 Å². The number of nitrogens with zero attached hydrogens (tertiary/aromatic N) is 3. The average Bonchev–Trinajstić information content (AvgIpc) is 3.19. The van der Waals surface area contributed by atoms with Gasteiger partial charge < -0.3 is 14.7 Å². The van der Waals surface area contributed by atoms with Gasteiger partial charge in [-0.2, -0.15) is 0 Å². The fourth-order valence-electron chi connectivity index (χ4n) is 4.80. The number of hydrogen-bond acceptors (Lipinski definition) is 6. The van der Waals surface area contributed by atoms with Crippen LogP contribution in [0.2, 0.25) is 0 Å². The summed E-state index contributed by atoms with van der Waals surface area (Å²) in [4.78, 5) is 34.7. The van der Waals surface area contributed by atoms with Gasteiger partial charge in [0.2, 0.25) is 0 Å². The van der Waals surface area contributed by atoms with Crippen molar-refractivity contribution < 1.29 is 19.4 Å². The van der Waals surface area contributed by atoms with Gasteiger partial charge in [-0.25, -0.2) is 0 Å². The third kappa shape index (κ3) is 4.25. The maximum Gasteiger partial charge on any atom is 0.300 e. The summed E-state index contributed by atoms with van der Waals surface area (Å²) < 4.78 is 5.19. The molecule has 2 saturated heterocycles. The van der Waals surface area contributed by atoms with Crippen LogP contribution in [0.3, 0.4) is 0 Å². The van der Waals surface area contributed by atoms with Crippen molar-refractivity contribution >= 4 is 28.8 Å². The Balaban J connectivity index is 1.58. The van der Waals surface area contributed by atoms with Crippen LogP contribution in [0, 0.1) is 0 Å². The molecule has 2 fully saturated rings. The minimum absolute atomic E-state index is 0.0129. The van der Waals surface area contributed by atoms with Crippen molar-refractivity contribution in [2.75, 3.05) is 30.0 Å². The number of aliphatic hydroxyl groups excluding tert-OH is 1. The van der Waals surface area contributed by atoms with Gasteiger partial charge >= 0.3 is 0 Å². The van der Waals surface area contributed by atoms with E-state index in [9.17, 15) is 14.7 Å². The number of carbonyl (C=O) groups is 2.